The number of benzene rings is 2. The molecule has 2 atom stereocenters. The lowest BCUT2D eigenvalue weighted by Crippen LogP contribution is -2.39. The molecule has 3 N–H and O–H groups in total. The van der Waals surface area contributed by atoms with Gasteiger partial charge in [-0.2, -0.15) is 5.10 Å². The lowest BCUT2D eigenvalue weighted by molar-refractivity contribution is -0.138. The molecular formula is C25H30N6O3. The minimum absolute atomic E-state index is 0.182. The number of aliphatic hydroxyl groups excluding tert-OH is 1. The molecule has 1 fully saturated rings. The van der Waals surface area contributed by atoms with E-state index in [2.05, 4.69) is 42.7 Å². The number of H-pyrrole nitrogens is 1. The second-order valence-electron chi connectivity index (χ2n) is 9.25. The number of hydrogen-bond donors (Lipinski definition) is 3. The van der Waals surface area contributed by atoms with Crippen molar-refractivity contribution >= 4 is 17.4 Å². The van der Waals surface area contributed by atoms with E-state index in [0.717, 1.165) is 46.5 Å². The molecule has 9 heteroatoms. The Labute approximate surface area is 198 Å². The third-order valence-electron chi connectivity index (χ3n) is 5.64. The van der Waals surface area contributed by atoms with E-state index in [0.29, 0.717) is 13.0 Å². The second kappa shape index (κ2) is 10.1. The molecule has 3 heterocycles. The number of aromatic amines is 1. The number of ether oxygens (including phenoxy) is 1. The number of nitrogens with one attached hydrogen (secondary N) is 2. The van der Waals surface area contributed by atoms with Crippen LogP contribution in [0.5, 0.6) is 0 Å². The molecule has 2 aromatic carbocycles. The fourth-order valence-electron chi connectivity index (χ4n) is 3.91. The van der Waals surface area contributed by atoms with Crippen LogP contribution in [0.3, 0.4) is 0 Å². The number of aliphatic hydroxyl groups is 1. The Hall–Kier alpha value is -3.56. The summed E-state index contributed by atoms with van der Waals surface area (Å²) < 4.78 is 6.30. The monoisotopic (exact) mass is 462 g/mol. The maximum absolute atomic E-state index is 10.2. The molecule has 0 radical (unpaired) electrons. The number of rotatable bonds is 4. The van der Waals surface area contributed by atoms with Crippen LogP contribution in [0.2, 0.25) is 0 Å². The molecule has 5 rings (SSSR count). The molecular weight excluding hydrogens is 432 g/mol. The Morgan fingerprint density at radius 1 is 1.15 bits per heavy atom. The van der Waals surface area contributed by atoms with E-state index >= 15 is 0 Å². The van der Waals surface area contributed by atoms with Crippen molar-refractivity contribution in [3.05, 3.63) is 60.3 Å². The SMILES string of the molecule is CC(C)(C)OC=O.OC1CNCCC1c1ccc(-n2cc(-c3n[nH]c4ccccc34)nn2)cc1. The van der Waals surface area contributed by atoms with Crippen molar-refractivity contribution in [2.24, 2.45) is 0 Å². The van der Waals surface area contributed by atoms with Gasteiger partial charge in [0.15, 0.2) is 0 Å². The van der Waals surface area contributed by atoms with Gasteiger partial charge in [0, 0.05) is 17.8 Å². The highest BCUT2D eigenvalue weighted by Crippen LogP contribution is 2.27. The molecule has 9 nitrogen and oxygen atoms in total. The molecule has 0 spiro atoms. The molecule has 1 saturated heterocycles. The van der Waals surface area contributed by atoms with E-state index in [1.165, 1.54) is 0 Å². The predicted octanol–water partition coefficient (Wildman–Crippen LogP) is 3.21. The standard InChI is InChI=1S/C20H20N6O.C5H10O2/c27-19-11-21-10-9-15(19)13-5-7-14(8-6-13)26-12-18(23-25-26)20-16-3-1-2-4-17(16)22-24-20;1-5(2,3)7-4-6/h1-8,12,15,19,21,27H,9-11H2,(H,22,24);4H,1-3H3. The first-order chi connectivity index (χ1) is 16.4. The number of hydrogen-bond acceptors (Lipinski definition) is 7. The molecule has 178 valence electrons. The van der Waals surface area contributed by atoms with Gasteiger partial charge in [-0.1, -0.05) is 35.5 Å². The van der Waals surface area contributed by atoms with E-state index in [-0.39, 0.29) is 17.6 Å². The topological polar surface area (TPSA) is 118 Å². The largest absolute Gasteiger partial charge is 0.462 e. The summed E-state index contributed by atoms with van der Waals surface area (Å²) >= 11 is 0. The van der Waals surface area contributed by atoms with E-state index in [1.807, 2.05) is 63.4 Å². The molecule has 1 aliphatic rings. The summed E-state index contributed by atoms with van der Waals surface area (Å²) in [5, 5.41) is 30.4. The number of β-amino-alcohol motifs (C(OH)–C–C–N with tert-alkyl or cyclic N) is 1. The van der Waals surface area contributed by atoms with Gasteiger partial charge in [0.1, 0.15) is 17.0 Å². The number of fused-ring (bicyclic) bond motifs is 1. The zero-order valence-corrected chi connectivity index (χ0v) is 19.6. The van der Waals surface area contributed by atoms with Crippen molar-refractivity contribution in [2.75, 3.05) is 13.1 Å². The van der Waals surface area contributed by atoms with Crippen molar-refractivity contribution in [1.82, 2.24) is 30.5 Å². The third kappa shape index (κ3) is 5.49. The van der Waals surface area contributed by atoms with Gasteiger partial charge in [0.05, 0.1) is 23.5 Å². The molecule has 0 saturated carbocycles. The van der Waals surface area contributed by atoms with E-state index in [4.69, 9.17) is 0 Å². The highest BCUT2D eigenvalue weighted by Gasteiger charge is 2.24. The fourth-order valence-corrected chi connectivity index (χ4v) is 3.91. The van der Waals surface area contributed by atoms with Crippen LogP contribution >= 0.6 is 0 Å². The highest BCUT2D eigenvalue weighted by molar-refractivity contribution is 5.91. The Morgan fingerprint density at radius 2 is 1.91 bits per heavy atom. The summed E-state index contributed by atoms with van der Waals surface area (Å²) in [5.41, 5.74) is 4.28. The average molecular weight is 463 g/mol. The molecule has 2 aromatic heterocycles. The van der Waals surface area contributed by atoms with Crippen LogP contribution in [-0.2, 0) is 9.53 Å². The highest BCUT2D eigenvalue weighted by atomic mass is 16.5. The Morgan fingerprint density at radius 3 is 2.59 bits per heavy atom. The maximum Gasteiger partial charge on any atom is 0.293 e. The van der Waals surface area contributed by atoms with Crippen LogP contribution in [0, 0.1) is 0 Å². The van der Waals surface area contributed by atoms with Gasteiger partial charge in [-0.15, -0.1) is 5.10 Å². The Kier molecular flexibility index (Phi) is 7.04. The molecule has 4 aromatic rings. The first-order valence-corrected chi connectivity index (χ1v) is 11.3. The van der Waals surface area contributed by atoms with Crippen LogP contribution in [0.25, 0.3) is 28.0 Å². The number of carbonyl (C=O) groups excluding carboxylic acids is 1. The third-order valence-corrected chi connectivity index (χ3v) is 5.64. The molecule has 2 unspecified atom stereocenters. The summed E-state index contributed by atoms with van der Waals surface area (Å²) in [6.45, 7) is 7.51. The van der Waals surface area contributed by atoms with Gasteiger partial charge in [0.2, 0.25) is 0 Å². The summed E-state index contributed by atoms with van der Waals surface area (Å²) in [4.78, 5) is 9.60. The Balaban J connectivity index is 0.000000344. The molecule has 34 heavy (non-hydrogen) atoms. The van der Waals surface area contributed by atoms with Gasteiger partial charge in [0.25, 0.3) is 6.47 Å². The van der Waals surface area contributed by atoms with Crippen molar-refractivity contribution in [3.8, 4) is 17.1 Å². The van der Waals surface area contributed by atoms with Crippen molar-refractivity contribution in [3.63, 3.8) is 0 Å². The number of aromatic nitrogens is 5. The number of nitrogens with zero attached hydrogens (tertiary/aromatic N) is 4. The number of piperidine rings is 1. The number of carbonyl (C=O) groups is 1. The first kappa shape index (κ1) is 23.6. The van der Waals surface area contributed by atoms with Crippen LogP contribution in [-0.4, -0.2) is 61.6 Å². The van der Waals surface area contributed by atoms with Gasteiger partial charge < -0.3 is 15.2 Å². The zero-order chi connectivity index (χ0) is 24.1. The lowest BCUT2D eigenvalue weighted by atomic mass is 9.88. The van der Waals surface area contributed by atoms with E-state index in [1.54, 1.807) is 4.68 Å². The Bertz CT molecular complexity index is 1230. The summed E-state index contributed by atoms with van der Waals surface area (Å²) in [5.74, 6) is 0.182. The summed E-state index contributed by atoms with van der Waals surface area (Å²) in [6, 6.07) is 16.1. The first-order valence-electron chi connectivity index (χ1n) is 11.3. The van der Waals surface area contributed by atoms with Crippen LogP contribution < -0.4 is 5.32 Å². The molecule has 0 aliphatic carbocycles. The fraction of sp³-hybridized carbons (Fsp3) is 0.360. The van der Waals surface area contributed by atoms with Crippen LogP contribution in [0.4, 0.5) is 0 Å². The minimum Gasteiger partial charge on any atom is -0.462 e. The quantitative estimate of drug-likeness (QED) is 0.399. The van der Waals surface area contributed by atoms with Crippen molar-refractivity contribution in [1.29, 1.82) is 0 Å². The number of para-hydroxylation sites is 1. The normalized spacial score (nSPS) is 18.2. The van der Waals surface area contributed by atoms with Gasteiger partial charge in [-0.25, -0.2) is 4.68 Å². The second-order valence-corrected chi connectivity index (χ2v) is 9.25. The summed E-state index contributed by atoms with van der Waals surface area (Å²) in [7, 11) is 0. The smallest absolute Gasteiger partial charge is 0.293 e. The minimum atomic E-state index is -0.337. The van der Waals surface area contributed by atoms with Crippen molar-refractivity contribution in [2.45, 2.75) is 44.8 Å². The van der Waals surface area contributed by atoms with Gasteiger partial charge in [-0.05, 0) is 57.5 Å². The van der Waals surface area contributed by atoms with E-state index < -0.39 is 0 Å². The molecule has 1 aliphatic heterocycles. The lowest BCUT2D eigenvalue weighted by Gasteiger charge is -2.28. The van der Waals surface area contributed by atoms with Gasteiger partial charge >= 0.3 is 0 Å². The maximum atomic E-state index is 10.2. The zero-order valence-electron chi connectivity index (χ0n) is 19.6. The van der Waals surface area contributed by atoms with Crippen LogP contribution in [0.15, 0.2) is 54.7 Å². The predicted molar refractivity (Wildman–Crippen MR) is 130 cm³/mol. The molecule has 0 bridgehead atoms. The average Bonchev–Trinajstić information content (AvgIpc) is 3.46. The van der Waals surface area contributed by atoms with Crippen molar-refractivity contribution < 1.29 is 14.6 Å². The molecule has 0 amide bonds. The summed E-state index contributed by atoms with van der Waals surface area (Å²) in [6.07, 6.45) is 2.49. The van der Waals surface area contributed by atoms with E-state index in [9.17, 15) is 9.90 Å². The van der Waals surface area contributed by atoms with Gasteiger partial charge in [-0.3, -0.25) is 9.89 Å². The van der Waals surface area contributed by atoms with Crippen LogP contribution in [0.1, 0.15) is 38.7 Å².